The van der Waals surface area contributed by atoms with Crippen molar-refractivity contribution in [3.8, 4) is 11.3 Å². The number of halogens is 1. The highest BCUT2D eigenvalue weighted by Crippen LogP contribution is 2.43. The van der Waals surface area contributed by atoms with Gasteiger partial charge in [-0.2, -0.15) is 0 Å². The van der Waals surface area contributed by atoms with Gasteiger partial charge in [-0.3, -0.25) is 9.59 Å². The van der Waals surface area contributed by atoms with E-state index in [1.165, 1.54) is 16.5 Å². The van der Waals surface area contributed by atoms with Crippen molar-refractivity contribution in [2.75, 3.05) is 24.5 Å². The van der Waals surface area contributed by atoms with E-state index >= 15 is 4.39 Å². The van der Waals surface area contributed by atoms with E-state index in [2.05, 4.69) is 18.4 Å². The van der Waals surface area contributed by atoms with Gasteiger partial charge in [0.05, 0.1) is 23.2 Å². The molecule has 5 heterocycles. The van der Waals surface area contributed by atoms with Gasteiger partial charge in [-0.05, 0) is 85.4 Å². The highest BCUT2D eigenvalue weighted by atomic mass is 32.1. The van der Waals surface area contributed by atoms with E-state index in [1.54, 1.807) is 17.4 Å². The van der Waals surface area contributed by atoms with Crippen molar-refractivity contribution in [2.45, 2.75) is 44.6 Å². The molecule has 2 fully saturated rings. The fraction of sp³-hybridized carbons (Fsp3) is 0.367. The molecule has 0 radical (unpaired) electrons. The molecule has 0 unspecified atom stereocenters. The molecule has 2 N–H and O–H groups in total. The molecule has 1 saturated heterocycles. The van der Waals surface area contributed by atoms with Crippen LogP contribution >= 0.6 is 11.3 Å². The lowest BCUT2D eigenvalue weighted by Crippen LogP contribution is -2.38. The predicted octanol–water partition coefficient (Wildman–Crippen LogP) is 5.15. The Balaban J connectivity index is 1.21. The summed E-state index contributed by atoms with van der Waals surface area (Å²) in [5, 5.41) is 2.11. The number of primary amides is 1. The number of anilines is 1. The fourth-order valence-electron chi connectivity index (χ4n) is 6.15. The Hall–Kier alpha value is -3.72. The molecule has 2 amide bonds. The molecule has 1 aromatic carbocycles. The number of carbonyl (C=O) groups excluding carboxylic acids is 2. The topological polar surface area (TPSA) is 83.9 Å². The number of imidazole rings is 1. The number of fused-ring (bicyclic) bond motifs is 2. The van der Waals surface area contributed by atoms with Crippen LogP contribution < -0.4 is 10.6 Å². The third-order valence-electron chi connectivity index (χ3n) is 8.57. The van der Waals surface area contributed by atoms with Crippen molar-refractivity contribution < 1.29 is 14.0 Å². The summed E-state index contributed by atoms with van der Waals surface area (Å²) in [5.74, 6) is -0.484. The maximum Gasteiger partial charge on any atom is 0.255 e. The molecule has 9 heteroatoms. The Bertz CT molecular complexity index is 1620. The molecule has 7 nitrogen and oxygen atoms in total. The first-order chi connectivity index (χ1) is 18.9. The molecule has 2 atom stereocenters. The standard InChI is InChI=1S/C30H30FN5O2S/c1-17-22-8-11-39-27(22)7-10-36(17)30(38)20-12-24(18-2-3-18)29-33-26(16-35(29)15-20)23-5-4-21(13-25(23)31)34-9-6-19(14-34)28(32)37/h4-5,8,11-13,15-19H,2-3,6-7,9-10,14H2,1H3,(H2,32,37)/t17-,19+/m1/s1. The van der Waals surface area contributed by atoms with Crippen LogP contribution in [-0.4, -0.2) is 45.7 Å². The van der Waals surface area contributed by atoms with Crippen molar-refractivity contribution in [1.29, 1.82) is 0 Å². The molecule has 39 heavy (non-hydrogen) atoms. The van der Waals surface area contributed by atoms with Crippen LogP contribution in [0.1, 0.15) is 64.5 Å². The number of aromatic nitrogens is 2. The lowest BCUT2D eigenvalue weighted by molar-refractivity contribution is -0.121. The Kier molecular flexibility index (Phi) is 5.73. The van der Waals surface area contributed by atoms with Crippen LogP contribution in [-0.2, 0) is 11.2 Å². The number of hydrogen-bond donors (Lipinski definition) is 1. The molecule has 0 bridgehead atoms. The van der Waals surface area contributed by atoms with Gasteiger partial charge in [-0.25, -0.2) is 9.37 Å². The smallest absolute Gasteiger partial charge is 0.255 e. The van der Waals surface area contributed by atoms with E-state index < -0.39 is 0 Å². The van der Waals surface area contributed by atoms with Gasteiger partial charge in [-0.1, -0.05) is 0 Å². The third-order valence-corrected chi connectivity index (χ3v) is 9.56. The minimum Gasteiger partial charge on any atom is -0.371 e. The van der Waals surface area contributed by atoms with Crippen LogP contribution in [0.25, 0.3) is 16.9 Å². The summed E-state index contributed by atoms with van der Waals surface area (Å²) >= 11 is 1.76. The normalized spacial score (nSPS) is 21.0. The maximum absolute atomic E-state index is 15.4. The van der Waals surface area contributed by atoms with Gasteiger partial charge in [0.15, 0.2) is 0 Å². The Morgan fingerprint density at radius 1 is 1.08 bits per heavy atom. The van der Waals surface area contributed by atoms with Crippen LogP contribution in [0.4, 0.5) is 10.1 Å². The molecule has 1 aliphatic carbocycles. The number of thiophene rings is 1. The van der Waals surface area contributed by atoms with E-state index in [9.17, 15) is 9.59 Å². The van der Waals surface area contributed by atoms with E-state index in [1.807, 2.05) is 38.7 Å². The van der Waals surface area contributed by atoms with Crippen molar-refractivity contribution in [2.24, 2.45) is 11.7 Å². The number of benzene rings is 1. The lowest BCUT2D eigenvalue weighted by atomic mass is 10.00. The average Bonchev–Trinajstić information content (AvgIpc) is 3.31. The first-order valence-electron chi connectivity index (χ1n) is 13.6. The summed E-state index contributed by atoms with van der Waals surface area (Å²) in [6, 6.07) is 9.30. The zero-order valence-corrected chi connectivity index (χ0v) is 22.6. The van der Waals surface area contributed by atoms with Gasteiger partial charge in [0.2, 0.25) is 5.91 Å². The molecule has 3 aromatic heterocycles. The summed E-state index contributed by atoms with van der Waals surface area (Å²) < 4.78 is 17.3. The van der Waals surface area contributed by atoms with Crippen LogP contribution in [0.5, 0.6) is 0 Å². The molecule has 3 aliphatic rings. The first-order valence-corrected chi connectivity index (χ1v) is 14.5. The number of nitrogens with two attached hydrogens (primary N) is 1. The molecule has 0 spiro atoms. The minimum absolute atomic E-state index is 0.0220. The second-order valence-corrected chi connectivity index (χ2v) is 12.0. The molecule has 200 valence electrons. The summed E-state index contributed by atoms with van der Waals surface area (Å²) in [4.78, 5) is 35.5. The Labute approximate surface area is 230 Å². The van der Waals surface area contributed by atoms with Gasteiger partial charge < -0.3 is 19.9 Å². The molecule has 1 saturated carbocycles. The largest absolute Gasteiger partial charge is 0.371 e. The van der Waals surface area contributed by atoms with Gasteiger partial charge in [0.1, 0.15) is 11.5 Å². The van der Waals surface area contributed by atoms with E-state index in [0.29, 0.717) is 48.8 Å². The summed E-state index contributed by atoms with van der Waals surface area (Å²) in [5.41, 5.74) is 10.9. The second kappa shape index (κ2) is 9.19. The molecule has 4 aromatic rings. The predicted molar refractivity (Wildman–Crippen MR) is 150 cm³/mol. The van der Waals surface area contributed by atoms with Crippen LogP contribution in [0.3, 0.4) is 0 Å². The minimum atomic E-state index is -0.364. The fourth-order valence-corrected chi connectivity index (χ4v) is 7.12. The quantitative estimate of drug-likeness (QED) is 0.377. The molecular weight excluding hydrogens is 513 g/mol. The Morgan fingerprint density at radius 3 is 2.67 bits per heavy atom. The SMILES string of the molecule is C[C@@H]1c2ccsc2CCN1C(=O)c1cc(C2CC2)c2nc(-c3ccc(N4CC[C@H](C(N)=O)C4)cc3F)cn2c1. The Morgan fingerprint density at radius 2 is 1.92 bits per heavy atom. The number of amides is 2. The molecule has 2 aliphatic heterocycles. The van der Waals surface area contributed by atoms with Crippen molar-refractivity contribution in [3.63, 3.8) is 0 Å². The van der Waals surface area contributed by atoms with Crippen LogP contribution in [0, 0.1) is 11.7 Å². The number of hydrogen-bond acceptors (Lipinski definition) is 5. The van der Waals surface area contributed by atoms with Gasteiger partial charge in [0.25, 0.3) is 5.91 Å². The first kappa shape index (κ1) is 24.3. The van der Waals surface area contributed by atoms with Gasteiger partial charge >= 0.3 is 0 Å². The number of pyridine rings is 1. The van der Waals surface area contributed by atoms with E-state index in [4.69, 9.17) is 10.7 Å². The van der Waals surface area contributed by atoms with Crippen LogP contribution in [0.2, 0.25) is 0 Å². The van der Waals surface area contributed by atoms with Crippen molar-refractivity contribution in [1.82, 2.24) is 14.3 Å². The molecular formula is C30H30FN5O2S. The number of nitrogens with zero attached hydrogens (tertiary/aromatic N) is 4. The van der Waals surface area contributed by atoms with Crippen LogP contribution in [0.15, 0.2) is 48.1 Å². The second-order valence-electron chi connectivity index (χ2n) is 11.0. The highest BCUT2D eigenvalue weighted by Gasteiger charge is 2.32. The van der Waals surface area contributed by atoms with Gasteiger partial charge in [0, 0.05) is 48.2 Å². The van der Waals surface area contributed by atoms with Crippen molar-refractivity contribution in [3.05, 3.63) is 75.5 Å². The third kappa shape index (κ3) is 4.19. The molecule has 7 rings (SSSR count). The van der Waals surface area contributed by atoms with Crippen molar-refractivity contribution >= 4 is 34.5 Å². The summed E-state index contributed by atoms with van der Waals surface area (Å²) in [6.07, 6.45) is 7.37. The summed E-state index contributed by atoms with van der Waals surface area (Å²) in [6.45, 7) is 3.98. The zero-order chi connectivity index (χ0) is 26.8. The summed E-state index contributed by atoms with van der Waals surface area (Å²) in [7, 11) is 0. The monoisotopic (exact) mass is 543 g/mol. The lowest BCUT2D eigenvalue weighted by Gasteiger charge is -2.33. The highest BCUT2D eigenvalue weighted by molar-refractivity contribution is 7.10. The maximum atomic E-state index is 15.4. The number of carbonyl (C=O) groups is 2. The zero-order valence-electron chi connectivity index (χ0n) is 21.8. The van der Waals surface area contributed by atoms with Gasteiger partial charge in [-0.15, -0.1) is 11.3 Å². The van der Waals surface area contributed by atoms with E-state index in [-0.39, 0.29) is 29.6 Å². The number of rotatable bonds is 5. The average molecular weight is 544 g/mol. The van der Waals surface area contributed by atoms with E-state index in [0.717, 1.165) is 36.2 Å².